The molecule has 1 heterocycles. The number of nitrogens with zero attached hydrogens (tertiary/aromatic N) is 2. The van der Waals surface area contributed by atoms with E-state index in [2.05, 4.69) is 29.0 Å². The Labute approximate surface area is 97.9 Å². The van der Waals surface area contributed by atoms with Gasteiger partial charge in [-0.05, 0) is 31.6 Å². The van der Waals surface area contributed by atoms with Gasteiger partial charge in [0.25, 0.3) is 0 Å². The smallest absolute Gasteiger partial charge is 0.149 e. The van der Waals surface area contributed by atoms with Crippen molar-refractivity contribution in [2.24, 2.45) is 0 Å². The van der Waals surface area contributed by atoms with Gasteiger partial charge < -0.3 is 16.0 Å². The molecule has 0 aliphatic carbocycles. The number of anilines is 2. The number of rotatable bonds is 7. The number of hydrogen-bond donors (Lipinski definition) is 2. The molecule has 4 nitrogen and oxygen atoms in total. The Morgan fingerprint density at radius 1 is 1.38 bits per heavy atom. The molecule has 0 aromatic carbocycles. The van der Waals surface area contributed by atoms with Gasteiger partial charge in [-0.3, -0.25) is 0 Å². The Balaban J connectivity index is 2.32. The van der Waals surface area contributed by atoms with E-state index in [4.69, 9.17) is 5.73 Å². The highest BCUT2D eigenvalue weighted by Crippen LogP contribution is 2.12. The molecule has 4 heteroatoms. The van der Waals surface area contributed by atoms with Crippen molar-refractivity contribution in [1.82, 2.24) is 9.88 Å². The van der Waals surface area contributed by atoms with E-state index < -0.39 is 0 Å². The molecule has 0 radical (unpaired) electrons. The Morgan fingerprint density at radius 2 is 2.19 bits per heavy atom. The highest BCUT2D eigenvalue weighted by molar-refractivity contribution is 5.60. The first-order valence-electron chi connectivity index (χ1n) is 5.94. The van der Waals surface area contributed by atoms with Gasteiger partial charge in [-0.2, -0.15) is 0 Å². The molecule has 0 saturated carbocycles. The Kier molecular flexibility index (Phi) is 5.64. The number of likely N-dealkylation sites (N-methyl/N-ethyl adjacent to an activating group) is 1. The summed E-state index contributed by atoms with van der Waals surface area (Å²) in [7, 11) is 0. The molecule has 1 aromatic rings. The fraction of sp³-hybridized carbons (Fsp3) is 0.583. The van der Waals surface area contributed by atoms with E-state index in [0.29, 0.717) is 5.69 Å². The van der Waals surface area contributed by atoms with Crippen LogP contribution in [-0.4, -0.2) is 36.1 Å². The fourth-order valence-electron chi connectivity index (χ4n) is 1.64. The number of pyridine rings is 1. The van der Waals surface area contributed by atoms with E-state index >= 15 is 0 Å². The zero-order chi connectivity index (χ0) is 11.8. The number of nitrogen functional groups attached to an aromatic ring is 1. The first kappa shape index (κ1) is 12.8. The van der Waals surface area contributed by atoms with Crippen LogP contribution in [0.1, 0.15) is 20.3 Å². The molecule has 0 atom stereocenters. The lowest BCUT2D eigenvalue weighted by atomic mass is 10.3. The molecule has 0 fully saturated rings. The molecule has 0 bridgehead atoms. The average molecular weight is 222 g/mol. The Morgan fingerprint density at radius 3 is 2.81 bits per heavy atom. The van der Waals surface area contributed by atoms with Gasteiger partial charge in [0.1, 0.15) is 5.82 Å². The molecule has 90 valence electrons. The average Bonchev–Trinajstić information content (AvgIpc) is 2.30. The highest BCUT2D eigenvalue weighted by atomic mass is 15.1. The molecule has 1 aromatic heterocycles. The largest absolute Gasteiger partial charge is 0.396 e. The van der Waals surface area contributed by atoms with Crippen LogP contribution in [0.15, 0.2) is 18.3 Å². The predicted molar refractivity (Wildman–Crippen MR) is 69.5 cm³/mol. The van der Waals surface area contributed by atoms with Crippen molar-refractivity contribution in [3.05, 3.63) is 18.3 Å². The molecular weight excluding hydrogens is 200 g/mol. The minimum absolute atomic E-state index is 0.709. The molecule has 1 rings (SSSR count). The Bertz CT molecular complexity index is 301. The van der Waals surface area contributed by atoms with Crippen molar-refractivity contribution in [2.45, 2.75) is 20.3 Å². The third kappa shape index (κ3) is 4.06. The molecule has 0 aliphatic rings. The van der Waals surface area contributed by atoms with Gasteiger partial charge in [0, 0.05) is 19.3 Å². The number of aromatic nitrogens is 1. The molecule has 0 spiro atoms. The van der Waals surface area contributed by atoms with E-state index in [1.165, 1.54) is 6.42 Å². The van der Waals surface area contributed by atoms with E-state index in [1.54, 1.807) is 6.20 Å². The zero-order valence-electron chi connectivity index (χ0n) is 10.2. The molecule has 16 heavy (non-hydrogen) atoms. The maximum atomic E-state index is 5.79. The standard InChI is InChI=1S/C12H22N4/c1-3-9-16(4-2)10-8-15-12-11(13)6-5-7-14-12/h5-7H,3-4,8-10,13H2,1-2H3,(H,14,15). The van der Waals surface area contributed by atoms with Gasteiger partial charge in [0.15, 0.2) is 0 Å². The second-order valence-corrected chi connectivity index (χ2v) is 3.80. The van der Waals surface area contributed by atoms with E-state index in [1.807, 2.05) is 12.1 Å². The van der Waals surface area contributed by atoms with E-state index in [-0.39, 0.29) is 0 Å². The van der Waals surface area contributed by atoms with Crippen LogP contribution in [0.3, 0.4) is 0 Å². The summed E-state index contributed by atoms with van der Waals surface area (Å²) < 4.78 is 0. The van der Waals surface area contributed by atoms with Gasteiger partial charge in [-0.15, -0.1) is 0 Å². The minimum atomic E-state index is 0.709. The summed E-state index contributed by atoms with van der Waals surface area (Å²) in [6.07, 6.45) is 2.95. The molecule has 0 amide bonds. The third-order valence-electron chi connectivity index (χ3n) is 2.55. The first-order valence-corrected chi connectivity index (χ1v) is 5.94. The normalized spacial score (nSPS) is 10.7. The number of nitrogens with two attached hydrogens (primary N) is 1. The predicted octanol–water partition coefficient (Wildman–Crippen LogP) is 1.81. The lowest BCUT2D eigenvalue weighted by Gasteiger charge is -2.19. The van der Waals surface area contributed by atoms with Crippen LogP contribution < -0.4 is 11.1 Å². The lowest BCUT2D eigenvalue weighted by Crippen LogP contribution is -2.29. The third-order valence-corrected chi connectivity index (χ3v) is 2.55. The first-order chi connectivity index (χ1) is 7.77. The van der Waals surface area contributed by atoms with Crippen LogP contribution in [0.25, 0.3) is 0 Å². The maximum absolute atomic E-state index is 5.79. The van der Waals surface area contributed by atoms with Crippen molar-refractivity contribution >= 4 is 11.5 Å². The van der Waals surface area contributed by atoms with Crippen LogP contribution in [-0.2, 0) is 0 Å². The van der Waals surface area contributed by atoms with Crippen molar-refractivity contribution in [2.75, 3.05) is 37.2 Å². The summed E-state index contributed by atoms with van der Waals surface area (Å²) in [6.45, 7) is 8.54. The lowest BCUT2D eigenvalue weighted by molar-refractivity contribution is 0.300. The second kappa shape index (κ2) is 7.06. The molecule has 3 N–H and O–H groups in total. The van der Waals surface area contributed by atoms with Gasteiger partial charge in [-0.1, -0.05) is 13.8 Å². The Hall–Kier alpha value is -1.29. The summed E-state index contributed by atoms with van der Waals surface area (Å²) in [5.41, 5.74) is 6.50. The van der Waals surface area contributed by atoms with E-state index in [0.717, 1.165) is 32.0 Å². The van der Waals surface area contributed by atoms with Gasteiger partial charge >= 0.3 is 0 Å². The van der Waals surface area contributed by atoms with Crippen LogP contribution >= 0.6 is 0 Å². The van der Waals surface area contributed by atoms with Crippen molar-refractivity contribution < 1.29 is 0 Å². The summed E-state index contributed by atoms with van der Waals surface area (Å²) in [4.78, 5) is 6.60. The van der Waals surface area contributed by atoms with Crippen molar-refractivity contribution in [3.63, 3.8) is 0 Å². The fourth-order valence-corrected chi connectivity index (χ4v) is 1.64. The topological polar surface area (TPSA) is 54.2 Å². The van der Waals surface area contributed by atoms with Gasteiger partial charge in [-0.25, -0.2) is 4.98 Å². The van der Waals surface area contributed by atoms with Crippen LogP contribution in [0.5, 0.6) is 0 Å². The molecular formula is C12H22N4. The summed E-state index contributed by atoms with van der Waals surface area (Å²) in [6, 6.07) is 3.70. The maximum Gasteiger partial charge on any atom is 0.149 e. The van der Waals surface area contributed by atoms with Gasteiger partial charge in [0.05, 0.1) is 5.69 Å². The number of nitrogens with one attached hydrogen (secondary N) is 1. The summed E-state index contributed by atoms with van der Waals surface area (Å²) >= 11 is 0. The number of hydrogen-bond acceptors (Lipinski definition) is 4. The highest BCUT2D eigenvalue weighted by Gasteiger charge is 2.01. The SMILES string of the molecule is CCCN(CC)CCNc1ncccc1N. The van der Waals surface area contributed by atoms with Crippen molar-refractivity contribution in [3.8, 4) is 0 Å². The summed E-state index contributed by atoms with van der Waals surface area (Å²) in [5.74, 6) is 0.787. The van der Waals surface area contributed by atoms with Gasteiger partial charge in [0.2, 0.25) is 0 Å². The zero-order valence-corrected chi connectivity index (χ0v) is 10.2. The molecule has 0 saturated heterocycles. The van der Waals surface area contributed by atoms with Crippen LogP contribution in [0.2, 0.25) is 0 Å². The van der Waals surface area contributed by atoms with Crippen LogP contribution in [0.4, 0.5) is 11.5 Å². The summed E-state index contributed by atoms with van der Waals surface area (Å²) in [5, 5.41) is 3.26. The minimum Gasteiger partial charge on any atom is -0.396 e. The second-order valence-electron chi connectivity index (χ2n) is 3.80. The van der Waals surface area contributed by atoms with Crippen LogP contribution in [0, 0.1) is 0 Å². The molecule has 0 unspecified atom stereocenters. The quantitative estimate of drug-likeness (QED) is 0.738. The van der Waals surface area contributed by atoms with E-state index in [9.17, 15) is 0 Å². The molecule has 0 aliphatic heterocycles. The monoisotopic (exact) mass is 222 g/mol. The van der Waals surface area contributed by atoms with Crippen molar-refractivity contribution in [1.29, 1.82) is 0 Å².